The number of aryl methyl sites for hydroxylation is 2. The Balaban J connectivity index is 1.85. The quantitative estimate of drug-likeness (QED) is 0.463. The SMILES string of the molecule is Cc1noc(C)c1-c1cnc2c(I)cn(Cc3ncccn3)c2c1. The standard InChI is InChI=1S/C17H14IN5O/c1-10-16(11(2)24-22-10)12-6-14-17(21-7-12)13(18)8-23(14)9-15-19-4-3-5-20-15/h3-8H,9H2,1-2H3. The molecule has 0 atom stereocenters. The molecule has 4 rings (SSSR count). The van der Waals surface area contributed by atoms with Crippen LogP contribution in [0.1, 0.15) is 17.3 Å². The zero-order valence-electron chi connectivity index (χ0n) is 13.2. The van der Waals surface area contributed by atoms with Crippen molar-refractivity contribution in [2.75, 3.05) is 0 Å². The third-order valence-electron chi connectivity index (χ3n) is 3.93. The van der Waals surface area contributed by atoms with E-state index >= 15 is 0 Å². The van der Waals surface area contributed by atoms with Gasteiger partial charge in [0.05, 0.1) is 21.3 Å². The van der Waals surface area contributed by atoms with Crippen LogP contribution in [0, 0.1) is 17.4 Å². The van der Waals surface area contributed by atoms with E-state index in [9.17, 15) is 0 Å². The van der Waals surface area contributed by atoms with E-state index in [1.807, 2.05) is 26.1 Å². The average Bonchev–Trinajstić information content (AvgIpc) is 3.08. The van der Waals surface area contributed by atoms with Crippen LogP contribution < -0.4 is 0 Å². The Morgan fingerprint density at radius 3 is 2.67 bits per heavy atom. The maximum Gasteiger partial charge on any atom is 0.147 e. The van der Waals surface area contributed by atoms with Gasteiger partial charge in [0.15, 0.2) is 0 Å². The van der Waals surface area contributed by atoms with Gasteiger partial charge >= 0.3 is 0 Å². The van der Waals surface area contributed by atoms with Gasteiger partial charge < -0.3 is 9.09 Å². The second-order valence-electron chi connectivity index (χ2n) is 5.56. The monoisotopic (exact) mass is 431 g/mol. The summed E-state index contributed by atoms with van der Waals surface area (Å²) >= 11 is 2.31. The number of halogens is 1. The van der Waals surface area contributed by atoms with Gasteiger partial charge in [0.2, 0.25) is 0 Å². The lowest BCUT2D eigenvalue weighted by molar-refractivity contribution is 0.393. The summed E-state index contributed by atoms with van der Waals surface area (Å²) < 4.78 is 8.51. The van der Waals surface area contributed by atoms with E-state index in [0.29, 0.717) is 6.54 Å². The van der Waals surface area contributed by atoms with Gasteiger partial charge in [-0.25, -0.2) is 9.97 Å². The van der Waals surface area contributed by atoms with Crippen LogP contribution in [-0.2, 0) is 6.54 Å². The molecule has 0 amide bonds. The van der Waals surface area contributed by atoms with E-state index in [1.165, 1.54) is 0 Å². The Labute approximate surface area is 152 Å². The van der Waals surface area contributed by atoms with Gasteiger partial charge in [-0.2, -0.15) is 0 Å². The molecule has 6 nitrogen and oxygen atoms in total. The molecule has 4 heterocycles. The molecule has 0 saturated heterocycles. The number of aromatic nitrogens is 5. The average molecular weight is 431 g/mol. The molecule has 120 valence electrons. The summed E-state index contributed by atoms with van der Waals surface area (Å²) in [6.07, 6.45) is 7.46. The van der Waals surface area contributed by atoms with Crippen molar-refractivity contribution >= 4 is 33.6 Å². The predicted molar refractivity (Wildman–Crippen MR) is 98.6 cm³/mol. The number of rotatable bonds is 3. The molecule has 0 N–H and O–H groups in total. The molecule has 0 radical (unpaired) electrons. The van der Waals surface area contributed by atoms with Crippen LogP contribution in [0.15, 0.2) is 41.4 Å². The molecule has 0 aliphatic rings. The summed E-state index contributed by atoms with van der Waals surface area (Å²) in [5.41, 5.74) is 4.89. The fourth-order valence-corrected chi connectivity index (χ4v) is 3.60. The van der Waals surface area contributed by atoms with Crippen molar-refractivity contribution in [2.24, 2.45) is 0 Å². The Hall–Kier alpha value is -2.29. The van der Waals surface area contributed by atoms with Crippen LogP contribution in [0.2, 0.25) is 0 Å². The van der Waals surface area contributed by atoms with Gasteiger partial charge in [-0.15, -0.1) is 0 Å². The number of hydrogen-bond donors (Lipinski definition) is 0. The summed E-state index contributed by atoms with van der Waals surface area (Å²) in [7, 11) is 0. The zero-order chi connectivity index (χ0) is 16.7. The molecule has 0 spiro atoms. The lowest BCUT2D eigenvalue weighted by Crippen LogP contribution is -2.02. The first-order chi connectivity index (χ1) is 11.6. The Bertz CT molecular complexity index is 1000. The fourth-order valence-electron chi connectivity index (χ4n) is 2.85. The molecule has 4 aromatic rings. The maximum atomic E-state index is 5.29. The normalized spacial score (nSPS) is 11.3. The summed E-state index contributed by atoms with van der Waals surface area (Å²) in [5.74, 6) is 1.57. The topological polar surface area (TPSA) is 69.6 Å². The van der Waals surface area contributed by atoms with Crippen molar-refractivity contribution in [3.05, 3.63) is 57.8 Å². The third-order valence-corrected chi connectivity index (χ3v) is 4.71. The first-order valence-electron chi connectivity index (χ1n) is 7.47. The molecular weight excluding hydrogens is 417 g/mol. The van der Waals surface area contributed by atoms with Crippen LogP contribution in [-0.4, -0.2) is 24.7 Å². The van der Waals surface area contributed by atoms with E-state index in [2.05, 4.69) is 59.5 Å². The maximum absolute atomic E-state index is 5.29. The largest absolute Gasteiger partial charge is 0.361 e. The molecule has 7 heteroatoms. The Kier molecular flexibility index (Phi) is 3.79. The van der Waals surface area contributed by atoms with Crippen molar-refractivity contribution in [3.8, 4) is 11.1 Å². The first-order valence-corrected chi connectivity index (χ1v) is 8.55. The van der Waals surface area contributed by atoms with E-state index in [0.717, 1.165) is 43.0 Å². The summed E-state index contributed by atoms with van der Waals surface area (Å²) in [6, 6.07) is 3.94. The van der Waals surface area contributed by atoms with Crippen molar-refractivity contribution in [1.82, 2.24) is 24.7 Å². The highest BCUT2D eigenvalue weighted by Gasteiger charge is 2.15. The third kappa shape index (κ3) is 2.58. The van der Waals surface area contributed by atoms with Crippen LogP contribution in [0.5, 0.6) is 0 Å². The second-order valence-corrected chi connectivity index (χ2v) is 6.72. The van der Waals surface area contributed by atoms with Gasteiger partial charge in [-0.3, -0.25) is 4.98 Å². The minimum atomic E-state index is 0.604. The van der Waals surface area contributed by atoms with E-state index in [4.69, 9.17) is 4.52 Å². The molecule has 4 aromatic heterocycles. The van der Waals surface area contributed by atoms with E-state index in [-0.39, 0.29) is 0 Å². The molecule has 0 aromatic carbocycles. The van der Waals surface area contributed by atoms with Gasteiger partial charge in [-0.1, -0.05) is 5.16 Å². The van der Waals surface area contributed by atoms with Crippen molar-refractivity contribution in [1.29, 1.82) is 0 Å². The van der Waals surface area contributed by atoms with Gasteiger partial charge in [-0.05, 0) is 48.6 Å². The van der Waals surface area contributed by atoms with Gasteiger partial charge in [0, 0.05) is 35.9 Å². The smallest absolute Gasteiger partial charge is 0.147 e. The van der Waals surface area contributed by atoms with E-state index in [1.54, 1.807) is 12.4 Å². The molecular formula is C17H14IN5O. The molecule has 24 heavy (non-hydrogen) atoms. The van der Waals surface area contributed by atoms with E-state index < -0.39 is 0 Å². The number of fused-ring (bicyclic) bond motifs is 1. The zero-order valence-corrected chi connectivity index (χ0v) is 15.4. The molecule has 0 saturated carbocycles. The molecule has 0 bridgehead atoms. The Morgan fingerprint density at radius 2 is 1.96 bits per heavy atom. The van der Waals surface area contributed by atoms with Crippen LogP contribution in [0.4, 0.5) is 0 Å². The van der Waals surface area contributed by atoms with Crippen molar-refractivity contribution in [3.63, 3.8) is 0 Å². The molecule has 0 fully saturated rings. The molecule has 0 aliphatic heterocycles. The summed E-state index contributed by atoms with van der Waals surface area (Å²) in [4.78, 5) is 13.3. The minimum Gasteiger partial charge on any atom is -0.361 e. The lowest BCUT2D eigenvalue weighted by Gasteiger charge is -2.05. The van der Waals surface area contributed by atoms with Crippen LogP contribution in [0.25, 0.3) is 22.2 Å². The highest BCUT2D eigenvalue weighted by atomic mass is 127. The number of pyridine rings is 1. The first kappa shape index (κ1) is 15.3. The molecule has 0 aliphatic carbocycles. The highest BCUT2D eigenvalue weighted by Crippen LogP contribution is 2.30. The highest BCUT2D eigenvalue weighted by molar-refractivity contribution is 14.1. The number of nitrogens with zero attached hydrogens (tertiary/aromatic N) is 5. The fraction of sp³-hybridized carbons (Fsp3) is 0.176. The van der Waals surface area contributed by atoms with Gasteiger partial charge in [0.25, 0.3) is 0 Å². The van der Waals surface area contributed by atoms with Crippen LogP contribution in [0.3, 0.4) is 0 Å². The number of hydrogen-bond acceptors (Lipinski definition) is 5. The minimum absolute atomic E-state index is 0.604. The van der Waals surface area contributed by atoms with Crippen LogP contribution >= 0.6 is 22.6 Å². The van der Waals surface area contributed by atoms with Crippen molar-refractivity contribution < 1.29 is 4.52 Å². The second kappa shape index (κ2) is 5.97. The van der Waals surface area contributed by atoms with Gasteiger partial charge in [0.1, 0.15) is 17.1 Å². The van der Waals surface area contributed by atoms with Crippen molar-refractivity contribution in [2.45, 2.75) is 20.4 Å². The summed E-state index contributed by atoms with van der Waals surface area (Å²) in [5, 5.41) is 4.04. The summed E-state index contributed by atoms with van der Waals surface area (Å²) in [6.45, 7) is 4.46. The predicted octanol–water partition coefficient (Wildman–Crippen LogP) is 3.75. The Morgan fingerprint density at radius 1 is 1.17 bits per heavy atom. The molecule has 0 unspecified atom stereocenters. The lowest BCUT2D eigenvalue weighted by atomic mass is 10.1.